The van der Waals surface area contributed by atoms with Gasteiger partial charge in [0, 0.05) is 17.7 Å². The standard InChI is InChI=1S/C26H36N2O/c1-5-22-15-8-9-16-23(22)19-28(17-10-7-11-18-28)24(6-2)26(29)27-25-20(3)13-12-14-21(25)4/h8-9,12-16,24H,5-7,10-11,17-19H2,1-4H3/p+1. The van der Waals surface area contributed by atoms with E-state index < -0.39 is 0 Å². The summed E-state index contributed by atoms with van der Waals surface area (Å²) in [5.41, 5.74) is 6.08. The number of amides is 1. The summed E-state index contributed by atoms with van der Waals surface area (Å²) in [6.07, 6.45) is 5.61. The smallest absolute Gasteiger partial charge is 0.282 e. The molecule has 1 saturated heterocycles. The lowest BCUT2D eigenvalue weighted by Gasteiger charge is -2.46. The second kappa shape index (κ2) is 9.58. The Hall–Kier alpha value is -2.13. The van der Waals surface area contributed by atoms with E-state index in [9.17, 15) is 4.79 Å². The van der Waals surface area contributed by atoms with Crippen LogP contribution >= 0.6 is 0 Å². The fourth-order valence-corrected chi connectivity index (χ4v) is 5.16. The summed E-state index contributed by atoms with van der Waals surface area (Å²) in [4.78, 5) is 13.6. The van der Waals surface area contributed by atoms with Crippen LogP contribution in [0.4, 0.5) is 5.69 Å². The van der Waals surface area contributed by atoms with E-state index >= 15 is 0 Å². The van der Waals surface area contributed by atoms with E-state index in [4.69, 9.17) is 0 Å². The monoisotopic (exact) mass is 393 g/mol. The highest BCUT2D eigenvalue weighted by Crippen LogP contribution is 2.31. The van der Waals surface area contributed by atoms with Crippen molar-refractivity contribution in [2.24, 2.45) is 0 Å². The molecule has 0 aliphatic carbocycles. The number of nitrogens with zero attached hydrogens (tertiary/aromatic N) is 1. The van der Waals surface area contributed by atoms with Crippen molar-refractivity contribution in [1.82, 2.24) is 0 Å². The van der Waals surface area contributed by atoms with E-state index in [1.54, 1.807) is 0 Å². The van der Waals surface area contributed by atoms with E-state index in [1.807, 2.05) is 0 Å². The number of likely N-dealkylation sites (tertiary alicyclic amines) is 1. The molecule has 1 aliphatic rings. The largest absolute Gasteiger partial charge is 0.320 e. The van der Waals surface area contributed by atoms with Crippen LogP contribution in [0.3, 0.4) is 0 Å². The molecule has 1 aliphatic heterocycles. The van der Waals surface area contributed by atoms with Crippen LogP contribution < -0.4 is 5.32 Å². The van der Waals surface area contributed by atoms with Gasteiger partial charge in [-0.15, -0.1) is 0 Å². The molecule has 29 heavy (non-hydrogen) atoms. The minimum Gasteiger partial charge on any atom is -0.320 e. The lowest BCUT2D eigenvalue weighted by atomic mass is 9.96. The highest BCUT2D eigenvalue weighted by molar-refractivity contribution is 5.95. The van der Waals surface area contributed by atoms with Crippen LogP contribution in [0, 0.1) is 13.8 Å². The molecule has 156 valence electrons. The van der Waals surface area contributed by atoms with Gasteiger partial charge in [0.1, 0.15) is 6.54 Å². The van der Waals surface area contributed by atoms with Gasteiger partial charge in [0.25, 0.3) is 5.91 Å². The topological polar surface area (TPSA) is 29.1 Å². The van der Waals surface area contributed by atoms with E-state index in [-0.39, 0.29) is 11.9 Å². The number of aryl methyl sites for hydroxylation is 3. The molecule has 2 aromatic rings. The van der Waals surface area contributed by atoms with Gasteiger partial charge in [-0.25, -0.2) is 0 Å². The number of hydrogen-bond acceptors (Lipinski definition) is 1. The van der Waals surface area contributed by atoms with Crippen molar-refractivity contribution in [2.45, 2.75) is 72.4 Å². The number of carbonyl (C=O) groups is 1. The van der Waals surface area contributed by atoms with Crippen LogP contribution in [0.1, 0.15) is 61.8 Å². The fraction of sp³-hybridized carbons (Fsp3) is 0.500. The Labute approximate surface area is 176 Å². The summed E-state index contributed by atoms with van der Waals surface area (Å²) in [6, 6.07) is 15.0. The van der Waals surface area contributed by atoms with E-state index in [0.717, 1.165) is 53.8 Å². The summed E-state index contributed by atoms with van der Waals surface area (Å²) in [6.45, 7) is 11.7. The first-order valence-electron chi connectivity index (χ1n) is 11.3. The third-order valence-corrected chi connectivity index (χ3v) is 6.77. The third kappa shape index (κ3) is 4.72. The Morgan fingerprint density at radius 2 is 1.55 bits per heavy atom. The van der Waals surface area contributed by atoms with E-state index in [1.165, 1.54) is 30.4 Å². The molecule has 1 fully saturated rings. The maximum Gasteiger partial charge on any atom is 0.282 e. The lowest BCUT2D eigenvalue weighted by molar-refractivity contribution is -0.959. The Balaban J connectivity index is 1.92. The minimum absolute atomic E-state index is 0.0146. The van der Waals surface area contributed by atoms with Gasteiger partial charge in [0.2, 0.25) is 0 Å². The number of benzene rings is 2. The Kier molecular flexibility index (Phi) is 7.13. The predicted octanol–water partition coefficient (Wildman–Crippen LogP) is 5.78. The Bertz CT molecular complexity index is 816. The van der Waals surface area contributed by atoms with Crippen molar-refractivity contribution in [3.8, 4) is 0 Å². The molecule has 0 saturated carbocycles. The number of piperidine rings is 1. The molecule has 1 unspecified atom stereocenters. The van der Waals surface area contributed by atoms with Gasteiger partial charge < -0.3 is 9.80 Å². The molecule has 1 heterocycles. The van der Waals surface area contributed by atoms with Crippen LogP contribution in [0.15, 0.2) is 42.5 Å². The second-order valence-electron chi connectivity index (χ2n) is 8.69. The molecule has 3 nitrogen and oxygen atoms in total. The summed E-state index contributed by atoms with van der Waals surface area (Å²) < 4.78 is 0.893. The van der Waals surface area contributed by atoms with Crippen molar-refractivity contribution in [1.29, 1.82) is 0 Å². The maximum absolute atomic E-state index is 13.6. The minimum atomic E-state index is -0.0146. The zero-order valence-corrected chi connectivity index (χ0v) is 18.6. The van der Waals surface area contributed by atoms with Crippen molar-refractivity contribution in [3.63, 3.8) is 0 Å². The zero-order chi connectivity index (χ0) is 20.9. The Morgan fingerprint density at radius 3 is 2.14 bits per heavy atom. The third-order valence-electron chi connectivity index (χ3n) is 6.77. The molecule has 0 aromatic heterocycles. The summed E-state index contributed by atoms with van der Waals surface area (Å²) in [5.74, 6) is 0.181. The average molecular weight is 394 g/mol. The van der Waals surface area contributed by atoms with Crippen LogP contribution in [0.5, 0.6) is 0 Å². The molecular weight excluding hydrogens is 356 g/mol. The second-order valence-corrected chi connectivity index (χ2v) is 8.69. The maximum atomic E-state index is 13.6. The highest BCUT2D eigenvalue weighted by Gasteiger charge is 2.42. The molecule has 3 heteroatoms. The molecule has 1 amide bonds. The molecule has 0 radical (unpaired) electrons. The van der Waals surface area contributed by atoms with Gasteiger partial charge in [-0.05, 0) is 56.2 Å². The van der Waals surface area contributed by atoms with E-state index in [2.05, 4.69) is 75.5 Å². The molecule has 1 N–H and O–H groups in total. The number of anilines is 1. The predicted molar refractivity (Wildman–Crippen MR) is 122 cm³/mol. The quantitative estimate of drug-likeness (QED) is 0.593. The van der Waals surface area contributed by atoms with Crippen molar-refractivity contribution < 1.29 is 9.28 Å². The van der Waals surface area contributed by atoms with Crippen molar-refractivity contribution >= 4 is 11.6 Å². The first kappa shape index (κ1) is 21.6. The number of quaternary nitrogens is 1. The van der Waals surface area contributed by atoms with Gasteiger partial charge in [-0.2, -0.15) is 0 Å². The number of hydrogen-bond donors (Lipinski definition) is 1. The Morgan fingerprint density at radius 1 is 0.931 bits per heavy atom. The van der Waals surface area contributed by atoms with Gasteiger partial charge in [0.15, 0.2) is 6.04 Å². The number of rotatable bonds is 7. The molecular formula is C26H37N2O+. The van der Waals surface area contributed by atoms with Crippen molar-refractivity contribution in [2.75, 3.05) is 18.4 Å². The molecule has 0 spiro atoms. The van der Waals surface area contributed by atoms with Gasteiger partial charge in [-0.1, -0.05) is 56.3 Å². The lowest BCUT2D eigenvalue weighted by Crippen LogP contribution is -2.61. The molecule has 1 atom stereocenters. The molecule has 2 aromatic carbocycles. The van der Waals surface area contributed by atoms with Crippen LogP contribution in [0.25, 0.3) is 0 Å². The summed E-state index contributed by atoms with van der Waals surface area (Å²) in [5, 5.41) is 3.31. The van der Waals surface area contributed by atoms with Gasteiger partial charge >= 0.3 is 0 Å². The van der Waals surface area contributed by atoms with Crippen LogP contribution in [-0.2, 0) is 17.8 Å². The van der Waals surface area contributed by atoms with Crippen molar-refractivity contribution in [3.05, 3.63) is 64.7 Å². The van der Waals surface area contributed by atoms with Gasteiger partial charge in [0.05, 0.1) is 13.1 Å². The first-order valence-corrected chi connectivity index (χ1v) is 11.3. The fourth-order valence-electron chi connectivity index (χ4n) is 5.16. The average Bonchev–Trinajstić information content (AvgIpc) is 2.72. The van der Waals surface area contributed by atoms with Gasteiger partial charge in [-0.3, -0.25) is 4.79 Å². The summed E-state index contributed by atoms with van der Waals surface area (Å²) >= 11 is 0. The number of carbonyl (C=O) groups excluding carboxylic acids is 1. The van der Waals surface area contributed by atoms with E-state index in [0.29, 0.717) is 0 Å². The van der Waals surface area contributed by atoms with Crippen LogP contribution in [-0.4, -0.2) is 29.5 Å². The number of para-hydroxylation sites is 1. The molecule has 3 rings (SSSR count). The zero-order valence-electron chi connectivity index (χ0n) is 18.6. The van der Waals surface area contributed by atoms with Crippen LogP contribution in [0.2, 0.25) is 0 Å². The summed E-state index contributed by atoms with van der Waals surface area (Å²) in [7, 11) is 0. The number of nitrogens with one attached hydrogen (secondary N) is 1. The first-order chi connectivity index (χ1) is 14.0. The molecule has 0 bridgehead atoms. The highest BCUT2D eigenvalue weighted by atomic mass is 16.2. The SMILES string of the molecule is CCc1ccccc1C[N+]1(C(CC)C(=O)Nc2c(C)cccc2C)CCCCC1. The normalized spacial score (nSPS) is 17.0.